The number of hydrogen-bond donors (Lipinski definition) is 1. The number of carbonyl (C=O) groups excluding carboxylic acids is 2. The van der Waals surface area contributed by atoms with Crippen molar-refractivity contribution in [3.05, 3.63) is 47.2 Å². The number of rotatable bonds is 10. The number of esters is 2. The third-order valence-corrected chi connectivity index (χ3v) is 3.73. The summed E-state index contributed by atoms with van der Waals surface area (Å²) >= 11 is 0. The van der Waals surface area contributed by atoms with Crippen molar-refractivity contribution in [3.63, 3.8) is 0 Å². The first-order valence-corrected chi connectivity index (χ1v) is 8.76. The van der Waals surface area contributed by atoms with Gasteiger partial charge in [0.2, 0.25) is 0 Å². The normalized spacial score (nSPS) is 13.7. The first kappa shape index (κ1) is 23.3. The zero-order valence-electron chi connectivity index (χ0n) is 16.8. The van der Waals surface area contributed by atoms with E-state index >= 15 is 0 Å². The van der Waals surface area contributed by atoms with Gasteiger partial charge in [0, 0.05) is 14.2 Å². The van der Waals surface area contributed by atoms with Gasteiger partial charge in [0.05, 0.1) is 18.2 Å². The predicted octanol–water partition coefficient (Wildman–Crippen LogP) is 2.78. The number of aliphatic imine (C=N–C) groups is 1. The maximum Gasteiger partial charge on any atom is 0.343 e. The fraction of sp³-hybridized carbons (Fsp3) is 0.450. The van der Waals surface area contributed by atoms with Crippen LogP contribution in [0, 0.1) is 5.92 Å². The highest BCUT2D eigenvalue weighted by Gasteiger charge is 2.31. The molecular formula is C20H27NO7. The number of aliphatic hydroxyl groups excluding tert-OH is 1. The van der Waals surface area contributed by atoms with Crippen LogP contribution in [0.15, 0.2) is 46.7 Å². The summed E-state index contributed by atoms with van der Waals surface area (Å²) in [7, 11) is 2.71. The molecule has 0 radical (unpaired) electrons. The highest BCUT2D eigenvalue weighted by Crippen LogP contribution is 2.18. The third-order valence-electron chi connectivity index (χ3n) is 3.73. The van der Waals surface area contributed by atoms with E-state index in [4.69, 9.17) is 18.9 Å². The lowest BCUT2D eigenvalue weighted by molar-refractivity contribution is -0.147. The van der Waals surface area contributed by atoms with Gasteiger partial charge in [-0.25, -0.2) is 9.79 Å². The van der Waals surface area contributed by atoms with Gasteiger partial charge in [-0.2, -0.15) is 0 Å². The van der Waals surface area contributed by atoms with Gasteiger partial charge in [0.25, 0.3) is 6.41 Å². The lowest BCUT2D eigenvalue weighted by Gasteiger charge is -2.19. The fourth-order valence-electron chi connectivity index (χ4n) is 2.31. The second-order valence-corrected chi connectivity index (χ2v) is 5.79. The molecule has 0 fully saturated rings. The number of benzene rings is 1. The predicted molar refractivity (Wildman–Crippen MR) is 103 cm³/mol. The summed E-state index contributed by atoms with van der Waals surface area (Å²) in [5.74, 6) is -2.77. The Hall–Kier alpha value is -2.71. The minimum atomic E-state index is -1.08. The maximum absolute atomic E-state index is 12.6. The fourth-order valence-corrected chi connectivity index (χ4v) is 2.31. The lowest BCUT2D eigenvalue weighted by atomic mass is 9.97. The Morgan fingerprint density at radius 2 is 1.71 bits per heavy atom. The van der Waals surface area contributed by atoms with Crippen LogP contribution in [-0.2, 0) is 35.1 Å². The molecule has 1 aromatic rings. The van der Waals surface area contributed by atoms with E-state index in [0.717, 1.165) is 5.56 Å². The van der Waals surface area contributed by atoms with Gasteiger partial charge in [0.1, 0.15) is 17.9 Å². The molecule has 1 rings (SSSR count). The van der Waals surface area contributed by atoms with Gasteiger partial charge in [-0.05, 0) is 26.3 Å². The van der Waals surface area contributed by atoms with E-state index in [2.05, 4.69) is 4.99 Å². The van der Waals surface area contributed by atoms with Crippen molar-refractivity contribution >= 4 is 17.7 Å². The Labute approximate surface area is 164 Å². The standard InChI is InChI=1S/C20H27NO7/c1-6-27-19(24)16(14(3)22)17(21-20(25-4)26-5)13(2)18(23)28-12-15-10-8-7-9-11-15/h7-11,13,20,22H,6,12H2,1-5H3. The number of ether oxygens (including phenoxy) is 4. The molecule has 1 unspecified atom stereocenters. The van der Waals surface area contributed by atoms with E-state index in [-0.39, 0.29) is 30.3 Å². The molecule has 1 N–H and O–H groups in total. The van der Waals surface area contributed by atoms with E-state index in [9.17, 15) is 14.7 Å². The Morgan fingerprint density at radius 3 is 2.21 bits per heavy atom. The van der Waals surface area contributed by atoms with Crippen LogP contribution in [0.5, 0.6) is 0 Å². The summed E-state index contributed by atoms with van der Waals surface area (Å²) in [5, 5.41) is 10.0. The van der Waals surface area contributed by atoms with Gasteiger partial charge in [-0.3, -0.25) is 4.79 Å². The summed E-state index contributed by atoms with van der Waals surface area (Å²) < 4.78 is 20.4. The summed E-state index contributed by atoms with van der Waals surface area (Å²) in [6.07, 6.45) is -1.08. The molecule has 1 atom stereocenters. The molecule has 0 aromatic heterocycles. The second kappa shape index (κ2) is 11.9. The van der Waals surface area contributed by atoms with Crippen molar-refractivity contribution in [1.29, 1.82) is 0 Å². The van der Waals surface area contributed by atoms with E-state index in [1.54, 1.807) is 6.92 Å². The Bertz CT molecular complexity index is 705. The van der Waals surface area contributed by atoms with Crippen molar-refractivity contribution in [1.82, 2.24) is 0 Å². The highest BCUT2D eigenvalue weighted by atomic mass is 16.7. The molecule has 0 aliphatic rings. The highest BCUT2D eigenvalue weighted by molar-refractivity contribution is 6.25. The number of nitrogens with zero attached hydrogens (tertiary/aromatic N) is 1. The lowest BCUT2D eigenvalue weighted by Crippen LogP contribution is -2.31. The van der Waals surface area contributed by atoms with Crippen LogP contribution in [0.4, 0.5) is 0 Å². The molecule has 0 bridgehead atoms. The molecule has 0 heterocycles. The molecule has 0 aliphatic carbocycles. The molecule has 0 aliphatic heterocycles. The van der Waals surface area contributed by atoms with Crippen LogP contribution < -0.4 is 0 Å². The number of aliphatic hydroxyl groups is 1. The molecule has 1 aromatic carbocycles. The van der Waals surface area contributed by atoms with Crippen molar-refractivity contribution in [3.8, 4) is 0 Å². The van der Waals surface area contributed by atoms with Crippen LogP contribution in [-0.4, -0.2) is 50.0 Å². The average molecular weight is 393 g/mol. The summed E-state index contributed by atoms with van der Waals surface area (Å²) in [4.78, 5) is 29.1. The number of allylic oxidation sites excluding steroid dienone is 1. The van der Waals surface area contributed by atoms with Gasteiger partial charge < -0.3 is 24.1 Å². The van der Waals surface area contributed by atoms with Crippen LogP contribution >= 0.6 is 0 Å². The minimum absolute atomic E-state index is 0.0507. The van der Waals surface area contributed by atoms with Crippen molar-refractivity contribution < 1.29 is 33.6 Å². The van der Waals surface area contributed by atoms with E-state index in [1.807, 2.05) is 30.3 Å². The molecule has 0 saturated heterocycles. The molecule has 0 spiro atoms. The third kappa shape index (κ3) is 6.79. The van der Waals surface area contributed by atoms with Gasteiger partial charge in [0.15, 0.2) is 0 Å². The first-order valence-electron chi connectivity index (χ1n) is 8.76. The Morgan fingerprint density at radius 1 is 1.11 bits per heavy atom. The Kier molecular flexibility index (Phi) is 9.91. The van der Waals surface area contributed by atoms with Gasteiger partial charge >= 0.3 is 11.9 Å². The van der Waals surface area contributed by atoms with E-state index in [0.29, 0.717) is 0 Å². The molecule has 8 nitrogen and oxygen atoms in total. The maximum atomic E-state index is 12.6. The summed E-state index contributed by atoms with van der Waals surface area (Å²) in [6.45, 7) is 4.60. The summed E-state index contributed by atoms with van der Waals surface area (Å²) in [5.41, 5.74) is 0.531. The minimum Gasteiger partial charge on any atom is -0.512 e. The van der Waals surface area contributed by atoms with Crippen LogP contribution in [0.2, 0.25) is 0 Å². The number of carbonyl (C=O) groups is 2. The number of hydrogen-bond acceptors (Lipinski definition) is 8. The topological polar surface area (TPSA) is 104 Å². The summed E-state index contributed by atoms with van der Waals surface area (Å²) in [6, 6.07) is 9.16. The van der Waals surface area contributed by atoms with Crippen LogP contribution in [0.3, 0.4) is 0 Å². The molecule has 8 heteroatoms. The van der Waals surface area contributed by atoms with E-state index in [1.165, 1.54) is 28.1 Å². The van der Waals surface area contributed by atoms with E-state index < -0.39 is 24.3 Å². The molecule has 28 heavy (non-hydrogen) atoms. The quantitative estimate of drug-likeness (QED) is 0.214. The Balaban J connectivity index is 3.17. The van der Waals surface area contributed by atoms with Crippen molar-refractivity contribution in [2.45, 2.75) is 33.8 Å². The molecule has 0 amide bonds. The van der Waals surface area contributed by atoms with Crippen molar-refractivity contribution in [2.24, 2.45) is 10.9 Å². The monoisotopic (exact) mass is 393 g/mol. The average Bonchev–Trinajstić information content (AvgIpc) is 2.69. The molecule has 0 saturated carbocycles. The smallest absolute Gasteiger partial charge is 0.343 e. The SMILES string of the molecule is CCOC(=O)C(C(=NC(OC)OC)C(C)C(=O)OCc1ccccc1)=C(C)O. The molecule has 154 valence electrons. The van der Waals surface area contributed by atoms with Crippen LogP contribution in [0.1, 0.15) is 26.3 Å². The van der Waals surface area contributed by atoms with Gasteiger partial charge in [-0.15, -0.1) is 0 Å². The first-order chi connectivity index (χ1) is 13.3. The number of methoxy groups -OCH3 is 2. The largest absolute Gasteiger partial charge is 0.512 e. The van der Waals surface area contributed by atoms with Crippen LogP contribution in [0.25, 0.3) is 0 Å². The zero-order chi connectivity index (χ0) is 21.1. The molecular weight excluding hydrogens is 366 g/mol. The van der Waals surface area contributed by atoms with Crippen molar-refractivity contribution in [2.75, 3.05) is 20.8 Å². The second-order valence-electron chi connectivity index (χ2n) is 5.79. The zero-order valence-corrected chi connectivity index (χ0v) is 16.8. The van der Waals surface area contributed by atoms with Gasteiger partial charge in [-0.1, -0.05) is 30.3 Å².